The summed E-state index contributed by atoms with van der Waals surface area (Å²) in [6.07, 6.45) is 6.94. The highest BCUT2D eigenvalue weighted by molar-refractivity contribution is 4.98. The predicted octanol–water partition coefficient (Wildman–Crippen LogP) is 1.56. The first-order valence-corrected chi connectivity index (χ1v) is 8.33. The van der Waals surface area contributed by atoms with Gasteiger partial charge in [-0.1, -0.05) is 19.3 Å². The number of hydrogen-bond donors (Lipinski definition) is 1. The normalized spacial score (nSPS) is 27.3. The monoisotopic (exact) mass is 283 g/mol. The van der Waals surface area contributed by atoms with Crippen LogP contribution in [-0.2, 0) is 4.74 Å². The molecule has 1 saturated carbocycles. The van der Waals surface area contributed by atoms with E-state index < -0.39 is 0 Å². The van der Waals surface area contributed by atoms with Crippen molar-refractivity contribution in [3.63, 3.8) is 0 Å². The number of nitrogens with one attached hydrogen (secondary N) is 1. The zero-order valence-electron chi connectivity index (χ0n) is 13.7. The molecular formula is C16H33N3O. The molecule has 4 heteroatoms. The third-order valence-corrected chi connectivity index (χ3v) is 4.92. The first kappa shape index (κ1) is 16.2. The smallest absolute Gasteiger partial charge is 0.0594 e. The summed E-state index contributed by atoms with van der Waals surface area (Å²) in [4.78, 5) is 4.81. The van der Waals surface area contributed by atoms with Crippen LogP contribution < -0.4 is 5.32 Å². The molecule has 1 heterocycles. The molecule has 0 aromatic carbocycles. The maximum atomic E-state index is 5.77. The maximum absolute atomic E-state index is 5.77. The minimum atomic E-state index is 0.411. The Morgan fingerprint density at radius 2 is 1.95 bits per heavy atom. The third-order valence-electron chi connectivity index (χ3n) is 4.92. The third kappa shape index (κ3) is 4.69. The Morgan fingerprint density at radius 3 is 2.65 bits per heavy atom. The van der Waals surface area contributed by atoms with Crippen LogP contribution in [0.3, 0.4) is 0 Å². The van der Waals surface area contributed by atoms with Gasteiger partial charge in [0.1, 0.15) is 0 Å². The van der Waals surface area contributed by atoms with E-state index in [0.29, 0.717) is 11.6 Å². The molecule has 0 aromatic rings. The Morgan fingerprint density at radius 1 is 1.20 bits per heavy atom. The molecule has 20 heavy (non-hydrogen) atoms. The highest BCUT2D eigenvalue weighted by Crippen LogP contribution is 2.31. The molecular weight excluding hydrogens is 250 g/mol. The number of piperazine rings is 1. The number of likely N-dealkylation sites (N-methyl/N-ethyl adjacent to an activating group) is 1. The minimum Gasteiger partial charge on any atom is -0.379 e. The predicted molar refractivity (Wildman–Crippen MR) is 84.2 cm³/mol. The Balaban J connectivity index is 1.71. The Bertz CT molecular complexity index is 277. The van der Waals surface area contributed by atoms with Gasteiger partial charge in [0, 0.05) is 37.8 Å². The van der Waals surface area contributed by atoms with Gasteiger partial charge in [0.2, 0.25) is 0 Å². The molecule has 0 radical (unpaired) electrons. The molecule has 1 spiro atoms. The lowest BCUT2D eigenvalue weighted by Gasteiger charge is -2.49. The van der Waals surface area contributed by atoms with Gasteiger partial charge in [-0.15, -0.1) is 0 Å². The molecule has 1 N–H and O–H groups in total. The summed E-state index contributed by atoms with van der Waals surface area (Å²) in [5, 5.41) is 3.84. The molecule has 2 fully saturated rings. The molecule has 1 atom stereocenters. The summed E-state index contributed by atoms with van der Waals surface area (Å²) in [6.45, 7) is 8.50. The summed E-state index contributed by atoms with van der Waals surface area (Å²) in [6, 6.07) is 0.639. The van der Waals surface area contributed by atoms with E-state index in [0.717, 1.165) is 32.8 Å². The van der Waals surface area contributed by atoms with Gasteiger partial charge in [-0.3, -0.25) is 4.90 Å². The van der Waals surface area contributed by atoms with Crippen LogP contribution in [0.4, 0.5) is 0 Å². The Kier molecular flexibility index (Phi) is 6.27. The van der Waals surface area contributed by atoms with Crippen LogP contribution in [-0.4, -0.2) is 74.9 Å². The summed E-state index contributed by atoms with van der Waals surface area (Å²) >= 11 is 0. The number of nitrogens with zero attached hydrogens (tertiary/aromatic N) is 2. The second kappa shape index (κ2) is 7.74. The lowest BCUT2D eigenvalue weighted by molar-refractivity contribution is 0.0305. The van der Waals surface area contributed by atoms with Gasteiger partial charge in [-0.05, 0) is 33.9 Å². The molecule has 2 aliphatic rings. The Hall–Kier alpha value is -0.160. The van der Waals surface area contributed by atoms with Crippen LogP contribution in [0.15, 0.2) is 0 Å². The van der Waals surface area contributed by atoms with Crippen molar-refractivity contribution in [2.24, 2.45) is 0 Å². The zero-order valence-corrected chi connectivity index (χ0v) is 13.7. The van der Waals surface area contributed by atoms with E-state index in [1.165, 1.54) is 38.6 Å². The number of rotatable bonds is 6. The van der Waals surface area contributed by atoms with E-state index in [1.807, 2.05) is 0 Å². The van der Waals surface area contributed by atoms with Gasteiger partial charge < -0.3 is 15.0 Å². The van der Waals surface area contributed by atoms with E-state index in [-0.39, 0.29) is 0 Å². The maximum Gasteiger partial charge on any atom is 0.0594 e. The van der Waals surface area contributed by atoms with E-state index in [2.05, 4.69) is 36.1 Å². The average molecular weight is 283 g/mol. The molecule has 0 bridgehead atoms. The van der Waals surface area contributed by atoms with Crippen LogP contribution >= 0.6 is 0 Å². The van der Waals surface area contributed by atoms with Crippen molar-refractivity contribution < 1.29 is 4.74 Å². The van der Waals surface area contributed by atoms with Crippen LogP contribution in [0, 0.1) is 0 Å². The van der Waals surface area contributed by atoms with Crippen molar-refractivity contribution in [2.45, 2.75) is 50.6 Å². The van der Waals surface area contributed by atoms with Crippen molar-refractivity contribution in [1.29, 1.82) is 0 Å². The molecule has 2 rings (SSSR count). The molecule has 1 aliphatic carbocycles. The first-order valence-electron chi connectivity index (χ1n) is 8.33. The lowest BCUT2D eigenvalue weighted by Crippen LogP contribution is -2.64. The van der Waals surface area contributed by atoms with Crippen molar-refractivity contribution in [3.05, 3.63) is 0 Å². The first-order chi connectivity index (χ1) is 9.61. The number of hydrogen-bond acceptors (Lipinski definition) is 4. The van der Waals surface area contributed by atoms with Crippen LogP contribution in [0.2, 0.25) is 0 Å². The second-order valence-corrected chi connectivity index (χ2v) is 6.96. The van der Waals surface area contributed by atoms with Gasteiger partial charge in [0.25, 0.3) is 0 Å². The van der Waals surface area contributed by atoms with Gasteiger partial charge >= 0.3 is 0 Å². The van der Waals surface area contributed by atoms with Gasteiger partial charge in [-0.25, -0.2) is 0 Å². The van der Waals surface area contributed by atoms with Crippen molar-refractivity contribution in [1.82, 2.24) is 15.1 Å². The van der Waals surface area contributed by atoms with E-state index in [1.54, 1.807) is 0 Å². The number of ether oxygens (including phenoxy) is 1. The Labute approximate surface area is 124 Å². The second-order valence-electron chi connectivity index (χ2n) is 6.96. The molecule has 1 aliphatic heterocycles. The fourth-order valence-electron chi connectivity index (χ4n) is 3.49. The van der Waals surface area contributed by atoms with Gasteiger partial charge in [0.15, 0.2) is 0 Å². The average Bonchev–Trinajstić information content (AvgIpc) is 2.43. The molecule has 118 valence electrons. The quantitative estimate of drug-likeness (QED) is 0.749. The largest absolute Gasteiger partial charge is 0.379 e. The van der Waals surface area contributed by atoms with Crippen LogP contribution in [0.1, 0.15) is 39.0 Å². The zero-order chi connectivity index (χ0) is 14.4. The van der Waals surface area contributed by atoms with Crippen molar-refractivity contribution >= 4 is 0 Å². The van der Waals surface area contributed by atoms with Crippen LogP contribution in [0.5, 0.6) is 0 Å². The SMILES string of the molecule is CC1CNC2(CCCCC2)CN1CCOCCN(C)C. The molecule has 1 unspecified atom stereocenters. The van der Waals surface area contributed by atoms with E-state index in [4.69, 9.17) is 4.74 Å². The molecule has 0 amide bonds. The highest BCUT2D eigenvalue weighted by Gasteiger charge is 2.38. The lowest BCUT2D eigenvalue weighted by atomic mass is 9.79. The molecule has 1 saturated heterocycles. The fourth-order valence-corrected chi connectivity index (χ4v) is 3.49. The van der Waals surface area contributed by atoms with E-state index >= 15 is 0 Å². The standard InChI is InChI=1S/C16H33N3O/c1-15-13-17-16(7-5-4-6-8-16)14-19(15)10-12-20-11-9-18(2)3/h15,17H,4-14H2,1-3H3. The van der Waals surface area contributed by atoms with E-state index in [9.17, 15) is 0 Å². The summed E-state index contributed by atoms with van der Waals surface area (Å²) in [5.41, 5.74) is 0.411. The summed E-state index contributed by atoms with van der Waals surface area (Å²) < 4.78 is 5.77. The van der Waals surface area contributed by atoms with Gasteiger partial charge in [0.05, 0.1) is 13.2 Å². The topological polar surface area (TPSA) is 27.7 Å². The van der Waals surface area contributed by atoms with Crippen molar-refractivity contribution in [2.75, 3.05) is 53.5 Å². The van der Waals surface area contributed by atoms with Crippen LogP contribution in [0.25, 0.3) is 0 Å². The fraction of sp³-hybridized carbons (Fsp3) is 1.00. The summed E-state index contributed by atoms with van der Waals surface area (Å²) in [7, 11) is 4.18. The highest BCUT2D eigenvalue weighted by atomic mass is 16.5. The van der Waals surface area contributed by atoms with Gasteiger partial charge in [-0.2, -0.15) is 0 Å². The summed E-state index contributed by atoms with van der Waals surface area (Å²) in [5.74, 6) is 0. The molecule has 4 nitrogen and oxygen atoms in total. The van der Waals surface area contributed by atoms with Crippen molar-refractivity contribution in [3.8, 4) is 0 Å². The molecule has 0 aromatic heterocycles. The minimum absolute atomic E-state index is 0.411.